The maximum absolute atomic E-state index is 12.4. The summed E-state index contributed by atoms with van der Waals surface area (Å²) in [6, 6.07) is 7.19. The summed E-state index contributed by atoms with van der Waals surface area (Å²) in [4.78, 5) is 14.1. The Hall–Kier alpha value is -1.37. The highest BCUT2D eigenvalue weighted by Gasteiger charge is 2.27. The second-order valence-electron chi connectivity index (χ2n) is 4.59. The van der Waals surface area contributed by atoms with Gasteiger partial charge in [0.05, 0.1) is 17.7 Å². The van der Waals surface area contributed by atoms with Gasteiger partial charge in [0.1, 0.15) is 5.69 Å². The van der Waals surface area contributed by atoms with Gasteiger partial charge in [-0.15, -0.1) is 0 Å². The van der Waals surface area contributed by atoms with Gasteiger partial charge in [-0.1, -0.05) is 28.9 Å². The van der Waals surface area contributed by atoms with Crippen LogP contribution in [0.25, 0.3) is 11.3 Å². The number of rotatable bonds is 2. The quantitative estimate of drug-likeness (QED) is 0.813. The first-order valence-electron chi connectivity index (χ1n) is 6.45. The molecule has 1 aromatic carbocycles. The molecule has 5 nitrogen and oxygen atoms in total. The third-order valence-electron chi connectivity index (χ3n) is 3.25. The average Bonchev–Trinajstić information content (AvgIpc) is 2.90. The highest BCUT2D eigenvalue weighted by Crippen LogP contribution is 2.31. The molecule has 0 unspecified atom stereocenters. The third-order valence-corrected chi connectivity index (χ3v) is 4.23. The molecule has 0 atom stereocenters. The number of ether oxygens (including phenoxy) is 1. The van der Waals surface area contributed by atoms with Crippen molar-refractivity contribution in [3.8, 4) is 11.3 Å². The zero-order valence-electron chi connectivity index (χ0n) is 11.0. The smallest absolute Gasteiger partial charge is 0.293 e. The van der Waals surface area contributed by atoms with Gasteiger partial charge in [0.25, 0.3) is 5.91 Å². The molecule has 3 rings (SSSR count). The predicted octanol–water partition coefficient (Wildman–Crippen LogP) is 3.23. The topological polar surface area (TPSA) is 55.6 Å². The van der Waals surface area contributed by atoms with Crippen LogP contribution in [-0.4, -0.2) is 42.3 Å². The Labute approximate surface area is 134 Å². The molecule has 0 bridgehead atoms. The summed E-state index contributed by atoms with van der Waals surface area (Å²) in [6.45, 7) is 2.20. The lowest BCUT2D eigenvalue weighted by Crippen LogP contribution is -2.40. The summed E-state index contributed by atoms with van der Waals surface area (Å²) in [5.74, 6) is 0.0275. The van der Waals surface area contributed by atoms with Crippen molar-refractivity contribution in [2.45, 2.75) is 0 Å². The Kier molecular flexibility index (Phi) is 4.28. The Morgan fingerprint density at radius 2 is 1.90 bits per heavy atom. The number of hydrogen-bond donors (Lipinski definition) is 0. The van der Waals surface area contributed by atoms with Crippen molar-refractivity contribution in [3.63, 3.8) is 0 Å². The average molecular weight is 372 g/mol. The summed E-state index contributed by atoms with van der Waals surface area (Å²) in [6.07, 6.45) is 0. The standard InChI is InChI=1S/C14H12BrClN2O3/c15-11-12(9-1-3-10(16)4-2-9)17-21-13(11)14(19)18-5-7-20-8-6-18/h1-4H,5-8H2. The largest absolute Gasteiger partial charge is 0.378 e. The molecule has 110 valence electrons. The molecule has 1 aromatic heterocycles. The molecule has 1 amide bonds. The lowest BCUT2D eigenvalue weighted by Gasteiger charge is -2.25. The summed E-state index contributed by atoms with van der Waals surface area (Å²) >= 11 is 9.27. The van der Waals surface area contributed by atoms with E-state index >= 15 is 0 Å². The number of halogens is 2. The lowest BCUT2D eigenvalue weighted by molar-refractivity contribution is 0.0276. The van der Waals surface area contributed by atoms with Crippen molar-refractivity contribution >= 4 is 33.4 Å². The number of aromatic nitrogens is 1. The van der Waals surface area contributed by atoms with E-state index in [2.05, 4.69) is 21.1 Å². The Morgan fingerprint density at radius 3 is 2.57 bits per heavy atom. The predicted molar refractivity (Wildman–Crippen MR) is 81.4 cm³/mol. The van der Waals surface area contributed by atoms with Gasteiger partial charge in [-0.25, -0.2) is 0 Å². The lowest BCUT2D eigenvalue weighted by atomic mass is 10.1. The molecule has 7 heteroatoms. The molecule has 1 saturated heterocycles. The van der Waals surface area contributed by atoms with E-state index in [0.717, 1.165) is 5.56 Å². The molecule has 0 saturated carbocycles. The van der Waals surface area contributed by atoms with Crippen LogP contribution >= 0.6 is 27.5 Å². The highest BCUT2D eigenvalue weighted by atomic mass is 79.9. The minimum absolute atomic E-state index is 0.183. The van der Waals surface area contributed by atoms with Gasteiger partial charge >= 0.3 is 0 Å². The van der Waals surface area contributed by atoms with Gasteiger partial charge in [0.15, 0.2) is 0 Å². The molecule has 2 heterocycles. The number of nitrogens with zero attached hydrogens (tertiary/aromatic N) is 2. The van der Waals surface area contributed by atoms with Gasteiger partial charge in [-0.3, -0.25) is 4.79 Å². The van der Waals surface area contributed by atoms with E-state index in [1.165, 1.54) is 0 Å². The summed E-state index contributed by atoms with van der Waals surface area (Å²) in [5.41, 5.74) is 1.42. The normalized spacial score (nSPS) is 15.2. The zero-order valence-corrected chi connectivity index (χ0v) is 13.4. The summed E-state index contributed by atoms with van der Waals surface area (Å²) in [5, 5.41) is 4.63. The molecule has 1 aliphatic heterocycles. The van der Waals surface area contributed by atoms with E-state index in [9.17, 15) is 4.79 Å². The SMILES string of the molecule is O=C(c1onc(-c2ccc(Cl)cc2)c1Br)N1CCOCC1. The Bertz CT molecular complexity index is 651. The molecular weight excluding hydrogens is 360 g/mol. The molecule has 2 aromatic rings. The van der Waals surface area contributed by atoms with E-state index < -0.39 is 0 Å². The summed E-state index contributed by atoms with van der Waals surface area (Å²) in [7, 11) is 0. The first-order valence-corrected chi connectivity index (χ1v) is 7.62. The van der Waals surface area contributed by atoms with Gasteiger partial charge in [0.2, 0.25) is 5.76 Å². The minimum atomic E-state index is -0.183. The van der Waals surface area contributed by atoms with Crippen LogP contribution in [0.2, 0.25) is 5.02 Å². The molecule has 0 N–H and O–H groups in total. The number of benzene rings is 1. The van der Waals surface area contributed by atoms with Crippen LogP contribution in [-0.2, 0) is 4.74 Å². The van der Waals surface area contributed by atoms with Gasteiger partial charge in [0, 0.05) is 23.7 Å². The van der Waals surface area contributed by atoms with E-state index in [0.29, 0.717) is 41.5 Å². The molecular formula is C14H12BrClN2O3. The molecule has 1 aliphatic rings. The van der Waals surface area contributed by atoms with Crippen molar-refractivity contribution in [1.29, 1.82) is 0 Å². The fourth-order valence-corrected chi connectivity index (χ4v) is 2.78. The summed E-state index contributed by atoms with van der Waals surface area (Å²) < 4.78 is 11.0. The monoisotopic (exact) mass is 370 g/mol. The number of carbonyl (C=O) groups is 1. The van der Waals surface area contributed by atoms with Crippen LogP contribution in [0.15, 0.2) is 33.3 Å². The highest BCUT2D eigenvalue weighted by molar-refractivity contribution is 9.10. The van der Waals surface area contributed by atoms with Crippen LogP contribution in [0.4, 0.5) is 0 Å². The third kappa shape index (κ3) is 2.97. The first-order chi connectivity index (χ1) is 10.2. The number of carbonyl (C=O) groups excluding carboxylic acids is 1. The molecule has 0 aliphatic carbocycles. The van der Waals surface area contributed by atoms with Crippen LogP contribution in [0.3, 0.4) is 0 Å². The van der Waals surface area contributed by atoms with Gasteiger partial charge < -0.3 is 14.2 Å². The Morgan fingerprint density at radius 1 is 1.24 bits per heavy atom. The maximum Gasteiger partial charge on any atom is 0.293 e. The zero-order chi connectivity index (χ0) is 14.8. The van der Waals surface area contributed by atoms with Gasteiger partial charge in [-0.05, 0) is 28.1 Å². The number of amides is 1. The second-order valence-corrected chi connectivity index (χ2v) is 5.82. The van der Waals surface area contributed by atoms with E-state index in [1.54, 1.807) is 17.0 Å². The Balaban J connectivity index is 1.88. The van der Waals surface area contributed by atoms with Crippen molar-refractivity contribution in [1.82, 2.24) is 10.1 Å². The molecule has 21 heavy (non-hydrogen) atoms. The fraction of sp³-hybridized carbons (Fsp3) is 0.286. The van der Waals surface area contributed by atoms with Crippen LogP contribution < -0.4 is 0 Å². The van der Waals surface area contributed by atoms with Crippen molar-refractivity contribution in [3.05, 3.63) is 39.5 Å². The second kappa shape index (κ2) is 6.17. The van der Waals surface area contributed by atoms with Gasteiger partial charge in [-0.2, -0.15) is 0 Å². The van der Waals surface area contributed by atoms with E-state index in [4.69, 9.17) is 20.9 Å². The molecule has 0 radical (unpaired) electrons. The molecule has 1 fully saturated rings. The van der Waals surface area contributed by atoms with Crippen molar-refractivity contribution in [2.75, 3.05) is 26.3 Å². The van der Waals surface area contributed by atoms with Crippen LogP contribution in [0, 0.1) is 0 Å². The molecule has 0 spiro atoms. The maximum atomic E-state index is 12.4. The first kappa shape index (κ1) is 14.6. The van der Waals surface area contributed by atoms with Crippen LogP contribution in [0.5, 0.6) is 0 Å². The minimum Gasteiger partial charge on any atom is -0.378 e. The van der Waals surface area contributed by atoms with E-state index in [-0.39, 0.29) is 11.7 Å². The number of hydrogen-bond acceptors (Lipinski definition) is 4. The number of morpholine rings is 1. The van der Waals surface area contributed by atoms with Crippen molar-refractivity contribution < 1.29 is 14.1 Å². The van der Waals surface area contributed by atoms with E-state index in [1.807, 2.05) is 12.1 Å². The fourth-order valence-electron chi connectivity index (χ4n) is 2.11. The van der Waals surface area contributed by atoms with Crippen LogP contribution in [0.1, 0.15) is 10.6 Å². The van der Waals surface area contributed by atoms with Crippen molar-refractivity contribution in [2.24, 2.45) is 0 Å².